The summed E-state index contributed by atoms with van der Waals surface area (Å²) in [6, 6.07) is 25.7. The number of rotatable bonds is 8. The summed E-state index contributed by atoms with van der Waals surface area (Å²) in [5, 5.41) is 17.5. The zero-order valence-electron chi connectivity index (χ0n) is 26.4. The minimum atomic E-state index is -0.355. The average Bonchev–Trinajstić information content (AvgIpc) is 3.64. The van der Waals surface area contributed by atoms with E-state index in [-0.39, 0.29) is 29.1 Å². The molecule has 8 heteroatoms. The minimum absolute atomic E-state index is 0.183. The molecular formula is C37H41N5O2S. The summed E-state index contributed by atoms with van der Waals surface area (Å²) in [5.74, 6) is 0.941. The van der Waals surface area contributed by atoms with Crippen LogP contribution in [0.4, 0.5) is 16.3 Å². The molecule has 3 heterocycles. The Kier molecular flexibility index (Phi) is 8.88. The molecule has 2 amide bonds. The number of thiophene rings is 1. The summed E-state index contributed by atoms with van der Waals surface area (Å²) in [4.78, 5) is 27.2. The highest BCUT2D eigenvalue weighted by Gasteiger charge is 2.31. The van der Waals surface area contributed by atoms with Gasteiger partial charge in [0.1, 0.15) is 11.6 Å². The van der Waals surface area contributed by atoms with E-state index in [9.17, 15) is 9.59 Å². The molecule has 5 aromatic rings. The lowest BCUT2D eigenvalue weighted by Crippen LogP contribution is -2.34. The number of benzene rings is 3. The Morgan fingerprint density at radius 3 is 2.40 bits per heavy atom. The summed E-state index contributed by atoms with van der Waals surface area (Å²) >= 11 is 1.70. The number of amides is 2. The second-order valence-electron chi connectivity index (χ2n) is 13.1. The van der Waals surface area contributed by atoms with Gasteiger partial charge in [-0.25, -0.2) is 9.48 Å². The van der Waals surface area contributed by atoms with Crippen LogP contribution in [0.25, 0.3) is 15.8 Å². The van der Waals surface area contributed by atoms with Crippen molar-refractivity contribution in [1.82, 2.24) is 15.1 Å². The summed E-state index contributed by atoms with van der Waals surface area (Å²) in [6.07, 6.45) is 2.36. The number of carbonyl (C=O) groups is 2. The van der Waals surface area contributed by atoms with Crippen molar-refractivity contribution in [3.8, 4) is 5.69 Å². The van der Waals surface area contributed by atoms with Crippen molar-refractivity contribution in [1.29, 1.82) is 0 Å². The highest BCUT2D eigenvalue weighted by atomic mass is 32.1. The lowest BCUT2D eigenvalue weighted by Gasteiger charge is -2.30. The van der Waals surface area contributed by atoms with E-state index in [2.05, 4.69) is 54.2 Å². The van der Waals surface area contributed by atoms with E-state index in [1.54, 1.807) is 16.0 Å². The first-order chi connectivity index (χ1) is 21.7. The fourth-order valence-electron chi connectivity index (χ4n) is 6.14. The van der Waals surface area contributed by atoms with Crippen LogP contribution in [0.2, 0.25) is 0 Å². The van der Waals surface area contributed by atoms with E-state index in [4.69, 9.17) is 5.10 Å². The van der Waals surface area contributed by atoms with Crippen LogP contribution in [0, 0.1) is 12.8 Å². The molecule has 6 rings (SSSR count). The third kappa shape index (κ3) is 7.02. The number of aryl methyl sites for hydroxylation is 1. The van der Waals surface area contributed by atoms with Crippen LogP contribution in [0.1, 0.15) is 61.9 Å². The van der Waals surface area contributed by atoms with Gasteiger partial charge in [0.05, 0.1) is 11.4 Å². The van der Waals surface area contributed by atoms with Crippen molar-refractivity contribution in [3.63, 3.8) is 0 Å². The van der Waals surface area contributed by atoms with Crippen LogP contribution in [-0.4, -0.2) is 34.7 Å². The Bertz CT molecular complexity index is 1790. The number of nitrogens with one attached hydrogen (secondary N) is 3. The number of nitrogens with zero attached hydrogens (tertiary/aromatic N) is 2. The number of urea groups is 1. The van der Waals surface area contributed by atoms with Crippen LogP contribution < -0.4 is 16.0 Å². The highest BCUT2D eigenvalue weighted by molar-refractivity contribution is 7.17. The molecule has 232 valence electrons. The van der Waals surface area contributed by atoms with E-state index in [1.165, 1.54) is 10.1 Å². The summed E-state index contributed by atoms with van der Waals surface area (Å²) in [5.41, 5.74) is 5.50. The predicted octanol–water partition coefficient (Wildman–Crippen LogP) is 8.23. The topological polar surface area (TPSA) is 88.1 Å². The van der Waals surface area contributed by atoms with Crippen molar-refractivity contribution in [2.45, 2.75) is 58.3 Å². The van der Waals surface area contributed by atoms with Gasteiger partial charge < -0.3 is 10.6 Å². The molecule has 0 spiro atoms. The quantitative estimate of drug-likeness (QED) is 0.163. The van der Waals surface area contributed by atoms with Gasteiger partial charge >= 0.3 is 6.03 Å². The predicted molar refractivity (Wildman–Crippen MR) is 185 cm³/mol. The van der Waals surface area contributed by atoms with Gasteiger partial charge in [-0.1, -0.05) is 68.8 Å². The monoisotopic (exact) mass is 619 g/mol. The fourth-order valence-corrected chi connectivity index (χ4v) is 7.10. The maximum Gasteiger partial charge on any atom is 0.324 e. The largest absolute Gasteiger partial charge is 0.324 e. The molecule has 45 heavy (non-hydrogen) atoms. The second kappa shape index (κ2) is 13.0. The molecular weight excluding hydrogens is 579 g/mol. The number of aromatic nitrogens is 2. The summed E-state index contributed by atoms with van der Waals surface area (Å²) in [6.45, 7) is 10.2. The first kappa shape index (κ1) is 30.7. The minimum Gasteiger partial charge on any atom is -0.317 e. The summed E-state index contributed by atoms with van der Waals surface area (Å²) in [7, 11) is 0. The molecule has 1 fully saturated rings. The number of carbonyl (C=O) groups excluding carboxylic acids is 2. The fraction of sp³-hybridized carbons (Fsp3) is 0.324. The lowest BCUT2D eigenvalue weighted by atomic mass is 9.76. The zero-order valence-corrected chi connectivity index (χ0v) is 27.2. The van der Waals surface area contributed by atoms with Crippen molar-refractivity contribution < 1.29 is 9.59 Å². The normalized spacial score (nSPS) is 14.8. The van der Waals surface area contributed by atoms with E-state index in [0.29, 0.717) is 17.9 Å². The van der Waals surface area contributed by atoms with E-state index in [1.807, 2.05) is 73.7 Å². The van der Waals surface area contributed by atoms with Gasteiger partial charge in [0, 0.05) is 34.2 Å². The molecule has 0 bridgehead atoms. The van der Waals surface area contributed by atoms with E-state index < -0.39 is 0 Å². The number of hydrogen-bond donors (Lipinski definition) is 3. The Balaban J connectivity index is 1.19. The molecule has 1 aliphatic rings. The molecule has 0 aliphatic carbocycles. The maximum atomic E-state index is 14.0. The van der Waals surface area contributed by atoms with E-state index in [0.717, 1.165) is 54.0 Å². The molecule has 0 saturated carbocycles. The Morgan fingerprint density at radius 1 is 0.978 bits per heavy atom. The van der Waals surface area contributed by atoms with Crippen molar-refractivity contribution in [3.05, 3.63) is 107 Å². The van der Waals surface area contributed by atoms with Gasteiger partial charge in [-0.3, -0.25) is 10.1 Å². The van der Waals surface area contributed by atoms with Gasteiger partial charge in [-0.2, -0.15) is 5.10 Å². The molecule has 1 atom stereocenters. The molecule has 7 nitrogen and oxygen atoms in total. The standard InChI is InChI=1S/C37H41N5O2S/c1-24-9-15-29(16-10-24)42-34(22-33(41-42)37(2,3)4)40-36(44)39-28-13-11-25(12-14-28)35(26-17-19-38-20-18-26)31(43)21-27-23-45-32-8-6-5-7-30(27)32/h5-16,22-23,26,35,38H,17-21H2,1-4H3,(H2,39,40,44). The molecule has 3 aromatic carbocycles. The molecule has 0 radical (unpaired) electrons. The highest BCUT2D eigenvalue weighted by Crippen LogP contribution is 2.35. The van der Waals surface area contributed by atoms with E-state index >= 15 is 0 Å². The van der Waals surface area contributed by atoms with Crippen molar-refractivity contribution in [2.24, 2.45) is 5.92 Å². The number of hydrogen-bond acceptors (Lipinski definition) is 5. The molecule has 1 aliphatic heterocycles. The van der Waals surface area contributed by atoms with Crippen molar-refractivity contribution >= 4 is 44.7 Å². The summed E-state index contributed by atoms with van der Waals surface area (Å²) < 4.78 is 2.98. The Morgan fingerprint density at radius 2 is 1.69 bits per heavy atom. The van der Waals surface area contributed by atoms with Crippen LogP contribution >= 0.6 is 11.3 Å². The molecule has 3 N–H and O–H groups in total. The van der Waals surface area contributed by atoms with Gasteiger partial charge in [0.15, 0.2) is 0 Å². The third-order valence-electron chi connectivity index (χ3n) is 8.65. The number of ketones is 1. The van der Waals surface area contributed by atoms with Crippen LogP contribution in [-0.2, 0) is 16.6 Å². The number of anilines is 2. The van der Waals surface area contributed by atoms with Gasteiger partial charge in [-0.05, 0) is 91.0 Å². The molecule has 1 saturated heterocycles. The second-order valence-corrected chi connectivity index (χ2v) is 14.0. The van der Waals surface area contributed by atoms with Crippen LogP contribution in [0.5, 0.6) is 0 Å². The average molecular weight is 620 g/mol. The van der Waals surface area contributed by atoms with Crippen LogP contribution in [0.3, 0.4) is 0 Å². The molecule has 1 unspecified atom stereocenters. The van der Waals surface area contributed by atoms with Crippen LogP contribution in [0.15, 0.2) is 84.2 Å². The third-order valence-corrected chi connectivity index (χ3v) is 9.67. The zero-order chi connectivity index (χ0) is 31.6. The number of fused-ring (bicyclic) bond motifs is 1. The first-order valence-corrected chi connectivity index (χ1v) is 16.6. The smallest absolute Gasteiger partial charge is 0.317 e. The number of Topliss-reactive ketones (excluding diaryl/α,β-unsaturated/α-hetero) is 1. The maximum absolute atomic E-state index is 14.0. The SMILES string of the molecule is Cc1ccc(-n2nc(C(C)(C)C)cc2NC(=O)Nc2ccc(C(C(=O)Cc3csc4ccccc34)C3CCNCC3)cc2)cc1. The Labute approximate surface area is 269 Å². The van der Waals surface area contributed by atoms with Gasteiger partial charge in [-0.15, -0.1) is 11.3 Å². The van der Waals surface area contributed by atoms with Gasteiger partial charge in [0.2, 0.25) is 0 Å². The lowest BCUT2D eigenvalue weighted by molar-refractivity contribution is -0.121. The van der Waals surface area contributed by atoms with Crippen molar-refractivity contribution in [2.75, 3.05) is 23.7 Å². The Hall–Kier alpha value is -4.27. The first-order valence-electron chi connectivity index (χ1n) is 15.7. The number of piperidine rings is 1. The molecule has 2 aromatic heterocycles. The van der Waals surface area contributed by atoms with Gasteiger partial charge in [0.25, 0.3) is 0 Å².